The molecule has 2 aromatic rings. The number of anilines is 1. The lowest BCUT2D eigenvalue weighted by Crippen LogP contribution is -2.49. The monoisotopic (exact) mass is 640 g/mol. The Bertz CT molecular complexity index is 1540. The third-order valence-corrected chi connectivity index (χ3v) is 13.1. The molecule has 9 heteroatoms. The second-order valence-electron chi connectivity index (χ2n) is 13.7. The van der Waals surface area contributed by atoms with Gasteiger partial charge in [0.2, 0.25) is 10.0 Å². The molecule has 4 aliphatic rings. The van der Waals surface area contributed by atoms with Gasteiger partial charge in [0.15, 0.2) is 0 Å². The molecule has 7 nitrogen and oxygen atoms in total. The van der Waals surface area contributed by atoms with Gasteiger partial charge in [0.25, 0.3) is 5.91 Å². The molecule has 2 aromatic carbocycles. The molecule has 1 saturated carbocycles. The van der Waals surface area contributed by atoms with E-state index in [-0.39, 0.29) is 17.3 Å². The van der Waals surface area contributed by atoms with Crippen LogP contribution in [0.2, 0.25) is 5.02 Å². The molecular formula is C35H45ClN2O5S. The minimum absolute atomic E-state index is 0.00557. The molecule has 2 N–H and O–H groups in total. The highest BCUT2D eigenvalue weighted by Crippen LogP contribution is 2.48. The first-order chi connectivity index (χ1) is 21.0. The molecule has 7 atom stereocenters. The molecule has 238 valence electrons. The average Bonchev–Trinajstić information content (AvgIpc) is 3.13. The van der Waals surface area contributed by atoms with Gasteiger partial charge in [-0.3, -0.25) is 4.79 Å². The minimum atomic E-state index is -3.92. The van der Waals surface area contributed by atoms with Gasteiger partial charge in [0.1, 0.15) is 5.75 Å². The fraction of sp³-hybridized carbons (Fsp3) is 0.571. The highest BCUT2D eigenvalue weighted by molar-refractivity contribution is 7.90. The van der Waals surface area contributed by atoms with Crippen LogP contribution in [0.1, 0.15) is 80.8 Å². The maximum Gasteiger partial charge on any atom is 0.264 e. The number of rotatable bonds is 2. The lowest BCUT2D eigenvalue weighted by atomic mass is 9.64. The largest absolute Gasteiger partial charge is 0.490 e. The number of aliphatic hydroxyl groups excluding tert-OH is 1. The van der Waals surface area contributed by atoms with E-state index in [1.54, 1.807) is 19.1 Å². The molecule has 2 bridgehead atoms. The first-order valence-electron chi connectivity index (χ1n) is 16.2. The predicted molar refractivity (Wildman–Crippen MR) is 175 cm³/mol. The van der Waals surface area contributed by atoms with Crippen molar-refractivity contribution in [2.75, 3.05) is 24.6 Å². The Kier molecular flexibility index (Phi) is 8.81. The van der Waals surface area contributed by atoms with E-state index in [0.717, 1.165) is 49.4 Å². The third kappa shape index (κ3) is 5.90. The van der Waals surface area contributed by atoms with Gasteiger partial charge in [-0.2, -0.15) is 0 Å². The van der Waals surface area contributed by atoms with Crippen LogP contribution < -0.4 is 14.4 Å². The lowest BCUT2D eigenvalue weighted by molar-refractivity contribution is 0.0313. The second kappa shape index (κ2) is 12.3. The number of carbonyl (C=O) groups is 1. The molecule has 0 saturated heterocycles. The molecule has 1 spiro atoms. The zero-order valence-corrected chi connectivity index (χ0v) is 27.5. The van der Waals surface area contributed by atoms with Crippen molar-refractivity contribution in [2.24, 2.45) is 23.7 Å². The zero-order chi connectivity index (χ0) is 31.2. The van der Waals surface area contributed by atoms with Crippen molar-refractivity contribution in [3.05, 3.63) is 70.3 Å². The van der Waals surface area contributed by atoms with Gasteiger partial charge >= 0.3 is 0 Å². The number of nitrogens with one attached hydrogen (secondary N) is 1. The first-order valence-corrected chi connectivity index (χ1v) is 18.1. The summed E-state index contributed by atoms with van der Waals surface area (Å²) >= 11 is 6.42. The Hall–Kier alpha value is -2.55. The lowest BCUT2D eigenvalue weighted by Gasteiger charge is -2.47. The van der Waals surface area contributed by atoms with Gasteiger partial charge in [-0.1, -0.05) is 43.7 Å². The van der Waals surface area contributed by atoms with Gasteiger partial charge in [0, 0.05) is 35.0 Å². The van der Waals surface area contributed by atoms with Crippen molar-refractivity contribution in [2.45, 2.75) is 82.5 Å². The number of sulfonamides is 1. The Morgan fingerprint density at radius 1 is 1.18 bits per heavy atom. The number of amides is 1. The molecule has 2 aliphatic carbocycles. The average molecular weight is 641 g/mol. The number of aliphatic hydroxyl groups is 1. The van der Waals surface area contributed by atoms with E-state index in [0.29, 0.717) is 49.1 Å². The molecule has 2 aliphatic heterocycles. The normalized spacial score (nSPS) is 33.1. The van der Waals surface area contributed by atoms with Gasteiger partial charge < -0.3 is 14.7 Å². The van der Waals surface area contributed by atoms with E-state index in [2.05, 4.69) is 27.8 Å². The van der Waals surface area contributed by atoms with Gasteiger partial charge in [-0.05, 0) is 111 Å². The summed E-state index contributed by atoms with van der Waals surface area (Å²) in [5.41, 5.74) is 3.39. The van der Waals surface area contributed by atoms with Crippen LogP contribution in [0.5, 0.6) is 5.75 Å². The second-order valence-corrected chi connectivity index (χ2v) is 16.1. The fourth-order valence-electron chi connectivity index (χ4n) is 7.92. The van der Waals surface area contributed by atoms with Crippen molar-refractivity contribution in [3.8, 4) is 5.75 Å². The molecule has 44 heavy (non-hydrogen) atoms. The van der Waals surface area contributed by atoms with Crippen LogP contribution in [0.3, 0.4) is 0 Å². The molecule has 1 amide bonds. The highest BCUT2D eigenvalue weighted by Gasteiger charge is 2.45. The van der Waals surface area contributed by atoms with E-state index >= 15 is 0 Å². The van der Waals surface area contributed by atoms with Crippen LogP contribution in [0.25, 0.3) is 0 Å². The number of allylic oxidation sites excluding steroid dienone is 1. The Labute approximate surface area is 267 Å². The summed E-state index contributed by atoms with van der Waals surface area (Å²) in [4.78, 5) is 15.8. The van der Waals surface area contributed by atoms with E-state index < -0.39 is 27.3 Å². The minimum Gasteiger partial charge on any atom is -0.490 e. The van der Waals surface area contributed by atoms with Crippen LogP contribution in [0, 0.1) is 23.7 Å². The smallest absolute Gasteiger partial charge is 0.264 e. The van der Waals surface area contributed by atoms with E-state index in [1.165, 1.54) is 11.1 Å². The molecule has 0 radical (unpaired) electrons. The highest BCUT2D eigenvalue weighted by atomic mass is 35.5. The van der Waals surface area contributed by atoms with Crippen LogP contribution in [0.4, 0.5) is 5.69 Å². The first kappa shape index (κ1) is 31.4. The summed E-state index contributed by atoms with van der Waals surface area (Å²) in [5, 5.41) is 11.1. The van der Waals surface area contributed by atoms with Crippen LogP contribution in [-0.2, 0) is 21.9 Å². The maximum absolute atomic E-state index is 13.4. The van der Waals surface area contributed by atoms with Gasteiger partial charge in [-0.25, -0.2) is 13.1 Å². The van der Waals surface area contributed by atoms with E-state index in [1.807, 2.05) is 32.1 Å². The maximum atomic E-state index is 13.4. The van der Waals surface area contributed by atoms with Gasteiger partial charge in [-0.15, -0.1) is 0 Å². The number of hydrogen-bond donors (Lipinski definition) is 2. The van der Waals surface area contributed by atoms with Crippen molar-refractivity contribution in [1.82, 2.24) is 4.72 Å². The Morgan fingerprint density at radius 2 is 2.00 bits per heavy atom. The van der Waals surface area contributed by atoms with E-state index in [4.69, 9.17) is 16.3 Å². The fourth-order valence-corrected chi connectivity index (χ4v) is 9.40. The van der Waals surface area contributed by atoms with Crippen molar-refractivity contribution >= 4 is 33.2 Å². The molecule has 0 aromatic heterocycles. The number of carbonyl (C=O) groups excluding carboxylic acids is 1. The Balaban J connectivity index is 1.44. The molecule has 6 rings (SSSR count). The number of benzene rings is 2. The summed E-state index contributed by atoms with van der Waals surface area (Å²) in [7, 11) is -3.92. The summed E-state index contributed by atoms with van der Waals surface area (Å²) in [6.45, 7) is 7.55. The van der Waals surface area contributed by atoms with Crippen LogP contribution in [-0.4, -0.2) is 50.5 Å². The van der Waals surface area contributed by atoms with E-state index in [9.17, 15) is 18.3 Å². The zero-order valence-electron chi connectivity index (χ0n) is 26.0. The third-order valence-electron chi connectivity index (χ3n) is 11.0. The Morgan fingerprint density at radius 3 is 2.75 bits per heavy atom. The number of nitrogens with zero attached hydrogens (tertiary/aromatic N) is 1. The van der Waals surface area contributed by atoms with Crippen molar-refractivity contribution in [1.29, 1.82) is 0 Å². The SMILES string of the molecule is CC[C@@H](O)[C@@H]1/C=C\C[C@H](C)[C@@H](C)S(=O)(=O)NC(=O)c2ccc3c(c2)N(C[C@@H]2CC[C@H]21)C[C@@]1(CCCc2cc(Cl)ccc21)CO3. The number of ether oxygens (including phenoxy) is 1. The molecule has 2 heterocycles. The standard InChI is InChI=1S/C35H45ClN2O5S/c1-4-32(39)29-9-5-7-22(2)23(3)44(41,42)37-34(40)25-11-15-33-31(18-25)38(19-26-10-13-28(26)29)20-35(21-43-33)16-6-8-24-17-27(36)12-14-30(24)35/h5,9,11-12,14-15,17-18,22-23,26,28-29,32,39H,4,6-8,10,13,16,19-21H2,1-3H3,(H,37,40)/b9-5-/t22-,23+,26-,28+,29+,32+,35-/m0/s1. The summed E-state index contributed by atoms with van der Waals surface area (Å²) in [6.07, 6.45) is 10.0. The van der Waals surface area contributed by atoms with Crippen LogP contribution >= 0.6 is 11.6 Å². The topological polar surface area (TPSA) is 95.9 Å². The predicted octanol–water partition coefficient (Wildman–Crippen LogP) is 6.27. The number of halogens is 1. The van der Waals surface area contributed by atoms with Crippen molar-refractivity contribution in [3.63, 3.8) is 0 Å². The summed E-state index contributed by atoms with van der Waals surface area (Å²) < 4.78 is 35.5. The van der Waals surface area contributed by atoms with Crippen molar-refractivity contribution < 1.29 is 23.1 Å². The molecular weight excluding hydrogens is 596 g/mol. The van der Waals surface area contributed by atoms with Gasteiger partial charge in [0.05, 0.1) is 23.6 Å². The quantitative estimate of drug-likeness (QED) is 0.376. The van der Waals surface area contributed by atoms with Crippen LogP contribution in [0.15, 0.2) is 48.6 Å². The summed E-state index contributed by atoms with van der Waals surface area (Å²) in [6, 6.07) is 11.5. The summed E-state index contributed by atoms with van der Waals surface area (Å²) in [5.74, 6) is 0.555. The number of hydrogen-bond acceptors (Lipinski definition) is 6. The number of fused-ring (bicyclic) bond motifs is 4. The number of aryl methyl sites for hydroxylation is 1. The molecule has 1 fully saturated rings. The molecule has 0 unspecified atom stereocenters.